The first-order valence-corrected chi connectivity index (χ1v) is 7.05. The van der Waals surface area contributed by atoms with Gasteiger partial charge in [0.15, 0.2) is 0 Å². The van der Waals surface area contributed by atoms with Crippen molar-refractivity contribution in [3.05, 3.63) is 70.3 Å². The van der Waals surface area contributed by atoms with Gasteiger partial charge in [-0.3, -0.25) is 4.57 Å². The average Bonchev–Trinajstić information content (AvgIpc) is 2.91. The van der Waals surface area contributed by atoms with Crippen LogP contribution in [0, 0.1) is 6.92 Å². The van der Waals surface area contributed by atoms with E-state index in [4.69, 9.17) is 0 Å². The maximum Gasteiger partial charge on any atom is 0.416 e. The van der Waals surface area contributed by atoms with Gasteiger partial charge in [0.2, 0.25) is 0 Å². The van der Waals surface area contributed by atoms with E-state index in [1.807, 2.05) is 6.92 Å². The number of benzene rings is 2. The minimum absolute atomic E-state index is 0.0688. The second kappa shape index (κ2) is 5.59. The Kier molecular flexibility index (Phi) is 3.71. The van der Waals surface area contributed by atoms with Gasteiger partial charge < -0.3 is 10.1 Å². The molecule has 7 heteroatoms. The molecule has 3 rings (SSSR count). The van der Waals surface area contributed by atoms with Crippen LogP contribution in [-0.4, -0.2) is 14.7 Å². The Balaban J connectivity index is 2.03. The van der Waals surface area contributed by atoms with Crippen molar-refractivity contribution in [3.63, 3.8) is 0 Å². The summed E-state index contributed by atoms with van der Waals surface area (Å²) in [6, 6.07) is 9.30. The van der Waals surface area contributed by atoms with Crippen LogP contribution >= 0.6 is 0 Å². The fraction of sp³-hybridized carbons (Fsp3) is 0.118. The summed E-state index contributed by atoms with van der Waals surface area (Å²) in [7, 11) is 0. The number of aromatic hydroxyl groups is 1. The molecular weight excluding hydrogens is 321 g/mol. The van der Waals surface area contributed by atoms with Gasteiger partial charge in [-0.25, -0.2) is 4.79 Å². The third kappa shape index (κ3) is 2.92. The second-order valence-electron chi connectivity index (χ2n) is 5.41. The predicted octanol–water partition coefficient (Wildman–Crippen LogP) is 3.87. The van der Waals surface area contributed by atoms with Crippen LogP contribution in [0.2, 0.25) is 0 Å². The van der Waals surface area contributed by atoms with Crippen molar-refractivity contribution in [2.24, 2.45) is 0 Å². The average molecular weight is 334 g/mol. The lowest BCUT2D eigenvalue weighted by molar-refractivity contribution is -0.137. The van der Waals surface area contributed by atoms with E-state index in [-0.39, 0.29) is 5.75 Å². The van der Waals surface area contributed by atoms with Gasteiger partial charge in [-0.05, 0) is 42.3 Å². The standard InChI is InChI=1S/C17H13F3N2O2/c1-10-2-7-15(23)14(8-10)22-9-13(21-16(22)24)11-3-5-12(6-4-11)17(18,19)20/h2-9,23H,1H3,(H,21,24). The summed E-state index contributed by atoms with van der Waals surface area (Å²) in [5.74, 6) is -0.0688. The van der Waals surface area contributed by atoms with E-state index in [1.165, 1.54) is 29.0 Å². The Morgan fingerprint density at radius 3 is 2.38 bits per heavy atom. The van der Waals surface area contributed by atoms with Crippen LogP contribution in [0.25, 0.3) is 16.9 Å². The Morgan fingerprint density at radius 1 is 1.08 bits per heavy atom. The van der Waals surface area contributed by atoms with E-state index in [0.717, 1.165) is 17.7 Å². The van der Waals surface area contributed by atoms with Gasteiger partial charge in [0, 0.05) is 6.20 Å². The highest BCUT2D eigenvalue weighted by Gasteiger charge is 2.30. The number of H-pyrrole nitrogens is 1. The van der Waals surface area contributed by atoms with Crippen molar-refractivity contribution in [1.82, 2.24) is 9.55 Å². The van der Waals surface area contributed by atoms with Crippen molar-refractivity contribution >= 4 is 0 Å². The molecule has 124 valence electrons. The first-order chi connectivity index (χ1) is 11.3. The first-order valence-electron chi connectivity index (χ1n) is 7.05. The zero-order chi connectivity index (χ0) is 17.5. The summed E-state index contributed by atoms with van der Waals surface area (Å²) in [6.07, 6.45) is -2.97. The zero-order valence-electron chi connectivity index (χ0n) is 12.6. The third-order valence-corrected chi connectivity index (χ3v) is 3.63. The molecule has 4 nitrogen and oxygen atoms in total. The normalized spacial score (nSPS) is 11.7. The van der Waals surface area contributed by atoms with Crippen molar-refractivity contribution in [3.8, 4) is 22.7 Å². The number of nitrogens with one attached hydrogen (secondary N) is 1. The smallest absolute Gasteiger partial charge is 0.416 e. The number of rotatable bonds is 2. The maximum absolute atomic E-state index is 12.6. The third-order valence-electron chi connectivity index (χ3n) is 3.63. The number of nitrogens with zero attached hydrogens (tertiary/aromatic N) is 1. The molecule has 3 aromatic rings. The fourth-order valence-electron chi connectivity index (χ4n) is 2.39. The first kappa shape index (κ1) is 15.9. The number of phenols is 1. The maximum atomic E-state index is 12.6. The highest BCUT2D eigenvalue weighted by atomic mass is 19.4. The quantitative estimate of drug-likeness (QED) is 0.747. The number of aromatic amines is 1. The Morgan fingerprint density at radius 2 is 1.75 bits per heavy atom. The van der Waals surface area contributed by atoms with Gasteiger partial charge in [0.1, 0.15) is 5.75 Å². The molecule has 2 aromatic carbocycles. The number of aryl methyl sites for hydroxylation is 1. The molecule has 0 aliphatic carbocycles. The van der Waals surface area contributed by atoms with Crippen molar-refractivity contribution in [2.45, 2.75) is 13.1 Å². The molecule has 0 fully saturated rings. The summed E-state index contributed by atoms with van der Waals surface area (Å²) < 4.78 is 39.0. The lowest BCUT2D eigenvalue weighted by Gasteiger charge is -2.07. The molecule has 1 heterocycles. The van der Waals surface area contributed by atoms with Gasteiger partial charge in [-0.1, -0.05) is 18.2 Å². The summed E-state index contributed by atoms with van der Waals surface area (Å²) in [4.78, 5) is 14.7. The second-order valence-corrected chi connectivity index (χ2v) is 5.41. The topological polar surface area (TPSA) is 58.0 Å². The molecule has 0 aliphatic rings. The van der Waals surface area contributed by atoms with Crippen LogP contribution in [0.1, 0.15) is 11.1 Å². The molecule has 0 atom stereocenters. The Hall–Kier alpha value is -2.96. The number of halogens is 3. The van der Waals surface area contributed by atoms with Gasteiger partial charge in [0.25, 0.3) is 0 Å². The Labute approximate surface area is 134 Å². The molecule has 0 spiro atoms. The molecule has 2 N–H and O–H groups in total. The highest BCUT2D eigenvalue weighted by Crippen LogP contribution is 2.31. The van der Waals surface area contributed by atoms with Crippen LogP contribution in [0.15, 0.2) is 53.5 Å². The molecule has 1 aromatic heterocycles. The van der Waals surface area contributed by atoms with Crippen LogP contribution in [0.5, 0.6) is 5.75 Å². The molecule has 0 unspecified atom stereocenters. The van der Waals surface area contributed by atoms with Gasteiger partial charge in [-0.2, -0.15) is 13.2 Å². The number of phenolic OH excluding ortho intramolecular Hbond substituents is 1. The van der Waals surface area contributed by atoms with E-state index in [0.29, 0.717) is 16.9 Å². The fourth-order valence-corrected chi connectivity index (χ4v) is 2.39. The van der Waals surface area contributed by atoms with E-state index in [1.54, 1.807) is 12.1 Å². The van der Waals surface area contributed by atoms with E-state index >= 15 is 0 Å². The number of imidazole rings is 1. The Bertz CT molecular complexity index is 938. The number of hydrogen-bond donors (Lipinski definition) is 2. The number of alkyl halides is 3. The predicted molar refractivity (Wildman–Crippen MR) is 83.2 cm³/mol. The highest BCUT2D eigenvalue weighted by molar-refractivity contribution is 5.60. The minimum atomic E-state index is -4.41. The summed E-state index contributed by atoms with van der Waals surface area (Å²) >= 11 is 0. The molecule has 0 amide bonds. The lowest BCUT2D eigenvalue weighted by atomic mass is 10.1. The van der Waals surface area contributed by atoms with Crippen molar-refractivity contribution in [2.75, 3.05) is 0 Å². The van der Waals surface area contributed by atoms with Crippen molar-refractivity contribution < 1.29 is 18.3 Å². The summed E-state index contributed by atoms with van der Waals surface area (Å²) in [5, 5.41) is 9.92. The van der Waals surface area contributed by atoms with Gasteiger partial charge in [0.05, 0.1) is 16.9 Å². The molecule has 0 bridgehead atoms. The summed E-state index contributed by atoms with van der Waals surface area (Å²) in [6.45, 7) is 1.82. The van der Waals surface area contributed by atoms with E-state index in [2.05, 4.69) is 4.98 Å². The lowest BCUT2D eigenvalue weighted by Crippen LogP contribution is -2.14. The number of aromatic nitrogens is 2. The van der Waals surface area contributed by atoms with E-state index < -0.39 is 17.4 Å². The summed E-state index contributed by atoms with van der Waals surface area (Å²) in [5.41, 5.74) is 0.692. The largest absolute Gasteiger partial charge is 0.506 e. The molecule has 0 saturated heterocycles. The SMILES string of the molecule is Cc1ccc(O)c(-n2cc(-c3ccc(C(F)(F)F)cc3)[nH]c2=O)c1. The van der Waals surface area contributed by atoms with E-state index in [9.17, 15) is 23.1 Å². The van der Waals surface area contributed by atoms with Crippen LogP contribution in [0.3, 0.4) is 0 Å². The molecule has 0 radical (unpaired) electrons. The molecule has 0 aliphatic heterocycles. The van der Waals surface area contributed by atoms with Crippen molar-refractivity contribution in [1.29, 1.82) is 0 Å². The van der Waals surface area contributed by atoms with Gasteiger partial charge in [-0.15, -0.1) is 0 Å². The minimum Gasteiger partial charge on any atom is -0.506 e. The monoisotopic (exact) mass is 334 g/mol. The molecule has 24 heavy (non-hydrogen) atoms. The number of hydrogen-bond acceptors (Lipinski definition) is 2. The van der Waals surface area contributed by atoms with Crippen LogP contribution in [-0.2, 0) is 6.18 Å². The van der Waals surface area contributed by atoms with Gasteiger partial charge >= 0.3 is 11.9 Å². The molecular formula is C17H13F3N2O2. The molecule has 0 saturated carbocycles. The zero-order valence-corrected chi connectivity index (χ0v) is 12.6. The van der Waals surface area contributed by atoms with Crippen LogP contribution in [0.4, 0.5) is 13.2 Å². The van der Waals surface area contributed by atoms with Crippen LogP contribution < -0.4 is 5.69 Å².